The van der Waals surface area contributed by atoms with Gasteiger partial charge >= 0.3 is 0 Å². The summed E-state index contributed by atoms with van der Waals surface area (Å²) in [5.74, 6) is 0. The number of aromatic amines is 1. The van der Waals surface area contributed by atoms with Crippen LogP contribution in [0.3, 0.4) is 0 Å². The van der Waals surface area contributed by atoms with Crippen LogP contribution in [0.4, 0.5) is 0 Å². The number of rotatable bonds is 2. The lowest BCUT2D eigenvalue weighted by Gasteiger charge is -2.04. The Bertz CT molecular complexity index is 705. The number of hydrogen-bond acceptors (Lipinski definition) is 1. The van der Waals surface area contributed by atoms with Gasteiger partial charge in [-0.2, -0.15) is 0 Å². The molecule has 2 nitrogen and oxygen atoms in total. The van der Waals surface area contributed by atoms with Gasteiger partial charge in [-0.05, 0) is 28.8 Å². The third-order valence-corrected chi connectivity index (χ3v) is 3.33. The minimum absolute atomic E-state index is 0.296. The Labute approximate surface area is 121 Å². The largest absolute Gasteiger partial charge is 0.319 e. The molecule has 3 aromatic rings. The van der Waals surface area contributed by atoms with Crippen LogP contribution in [0.1, 0.15) is 0 Å². The molecule has 0 spiro atoms. The maximum absolute atomic E-state index is 6.08. The molecule has 0 saturated heterocycles. The third-order valence-electron chi connectivity index (χ3n) is 2.87. The fourth-order valence-corrected chi connectivity index (χ4v) is 2.46. The van der Waals surface area contributed by atoms with Crippen LogP contribution in [-0.4, -0.2) is 9.97 Å². The molecule has 0 atom stereocenters. The van der Waals surface area contributed by atoms with Gasteiger partial charge in [-0.25, -0.2) is 4.98 Å². The summed E-state index contributed by atoms with van der Waals surface area (Å²) in [5.41, 5.74) is 3.88. The van der Waals surface area contributed by atoms with E-state index in [4.69, 9.17) is 23.2 Å². The van der Waals surface area contributed by atoms with Crippen LogP contribution in [0.15, 0.2) is 54.6 Å². The van der Waals surface area contributed by atoms with Crippen molar-refractivity contribution in [3.8, 4) is 22.4 Å². The van der Waals surface area contributed by atoms with Crippen molar-refractivity contribution in [3.05, 3.63) is 65.0 Å². The van der Waals surface area contributed by atoms with Crippen molar-refractivity contribution >= 4 is 23.2 Å². The quantitative estimate of drug-likeness (QED) is 0.702. The van der Waals surface area contributed by atoms with Crippen LogP contribution in [0.25, 0.3) is 22.4 Å². The molecule has 19 heavy (non-hydrogen) atoms. The summed E-state index contributed by atoms with van der Waals surface area (Å²) in [4.78, 5) is 6.98. The van der Waals surface area contributed by atoms with Crippen molar-refractivity contribution in [1.82, 2.24) is 9.97 Å². The molecule has 0 aliphatic rings. The fraction of sp³-hybridized carbons (Fsp3) is 0. The second-order valence-corrected chi connectivity index (χ2v) is 4.87. The van der Waals surface area contributed by atoms with E-state index in [1.54, 1.807) is 0 Å². The highest BCUT2D eigenvalue weighted by molar-refractivity contribution is 6.34. The summed E-state index contributed by atoms with van der Waals surface area (Å²) in [6.45, 7) is 0. The number of nitrogens with zero attached hydrogens (tertiary/aromatic N) is 1. The predicted molar refractivity (Wildman–Crippen MR) is 79.5 cm³/mol. The van der Waals surface area contributed by atoms with E-state index < -0.39 is 0 Å². The monoisotopic (exact) mass is 288 g/mol. The van der Waals surface area contributed by atoms with Crippen LogP contribution in [0.5, 0.6) is 0 Å². The third kappa shape index (κ3) is 2.50. The SMILES string of the molecule is Clc1nc(-c2cccc(-c3ccccc3)c2)c(Cl)[nH]1. The molecule has 2 aromatic carbocycles. The van der Waals surface area contributed by atoms with E-state index in [0.29, 0.717) is 16.1 Å². The second kappa shape index (κ2) is 5.08. The van der Waals surface area contributed by atoms with Gasteiger partial charge in [0.15, 0.2) is 0 Å². The lowest BCUT2D eigenvalue weighted by atomic mass is 10.0. The van der Waals surface area contributed by atoms with E-state index in [-0.39, 0.29) is 0 Å². The Morgan fingerprint density at radius 3 is 2.16 bits per heavy atom. The Morgan fingerprint density at radius 2 is 1.47 bits per heavy atom. The lowest BCUT2D eigenvalue weighted by molar-refractivity contribution is 1.31. The second-order valence-electron chi connectivity index (χ2n) is 4.14. The molecule has 0 aliphatic heterocycles. The highest BCUT2D eigenvalue weighted by Gasteiger charge is 2.10. The average molecular weight is 289 g/mol. The molecule has 0 amide bonds. The molecule has 4 heteroatoms. The normalized spacial score (nSPS) is 10.6. The molecule has 3 rings (SSSR count). The summed E-state index contributed by atoms with van der Waals surface area (Å²) < 4.78 is 0. The van der Waals surface area contributed by atoms with Crippen molar-refractivity contribution in [2.45, 2.75) is 0 Å². The minimum atomic E-state index is 0.296. The predicted octanol–water partition coefficient (Wildman–Crippen LogP) is 5.05. The van der Waals surface area contributed by atoms with Crippen LogP contribution in [0, 0.1) is 0 Å². The molecule has 0 aliphatic carbocycles. The number of imidazole rings is 1. The molecule has 1 aromatic heterocycles. The highest BCUT2D eigenvalue weighted by Crippen LogP contribution is 2.30. The number of nitrogens with one attached hydrogen (secondary N) is 1. The van der Waals surface area contributed by atoms with Crippen LogP contribution < -0.4 is 0 Å². The summed E-state index contributed by atoms with van der Waals surface area (Å²) in [5, 5.41) is 0.750. The molecule has 0 unspecified atom stereocenters. The number of benzene rings is 2. The minimum Gasteiger partial charge on any atom is -0.319 e. The fourth-order valence-electron chi connectivity index (χ4n) is 1.99. The Kier molecular flexibility index (Phi) is 3.28. The molecule has 0 fully saturated rings. The van der Waals surface area contributed by atoms with E-state index in [1.165, 1.54) is 0 Å². The number of aromatic nitrogens is 2. The first-order valence-corrected chi connectivity index (χ1v) is 6.56. The van der Waals surface area contributed by atoms with Gasteiger partial charge in [0.1, 0.15) is 10.8 Å². The zero-order valence-electron chi connectivity index (χ0n) is 9.90. The van der Waals surface area contributed by atoms with Gasteiger partial charge in [0.2, 0.25) is 5.28 Å². The molecule has 1 N–H and O–H groups in total. The summed E-state index contributed by atoms with van der Waals surface area (Å²) in [7, 11) is 0. The number of H-pyrrole nitrogens is 1. The Balaban J connectivity index is 2.08. The van der Waals surface area contributed by atoms with Crippen molar-refractivity contribution in [1.29, 1.82) is 0 Å². The number of halogens is 2. The Hall–Kier alpha value is -1.77. The standard InChI is InChI=1S/C15H10Cl2N2/c16-14-13(18-15(17)19-14)12-8-4-7-11(9-12)10-5-2-1-3-6-10/h1-9H,(H,18,19). The van der Waals surface area contributed by atoms with Crippen LogP contribution >= 0.6 is 23.2 Å². The van der Waals surface area contributed by atoms with Gasteiger partial charge in [-0.1, -0.05) is 60.1 Å². The summed E-state index contributed by atoms with van der Waals surface area (Å²) in [6.07, 6.45) is 0. The first-order valence-electron chi connectivity index (χ1n) is 5.81. The zero-order valence-corrected chi connectivity index (χ0v) is 11.4. The molecule has 1 heterocycles. The first-order chi connectivity index (χ1) is 9.24. The van der Waals surface area contributed by atoms with Crippen molar-refractivity contribution < 1.29 is 0 Å². The Morgan fingerprint density at radius 1 is 0.789 bits per heavy atom. The van der Waals surface area contributed by atoms with E-state index >= 15 is 0 Å². The first kappa shape index (κ1) is 12.3. The van der Waals surface area contributed by atoms with Crippen molar-refractivity contribution in [2.24, 2.45) is 0 Å². The van der Waals surface area contributed by atoms with E-state index in [1.807, 2.05) is 36.4 Å². The topological polar surface area (TPSA) is 28.7 Å². The molecule has 0 radical (unpaired) electrons. The molecule has 94 valence electrons. The van der Waals surface area contributed by atoms with E-state index in [0.717, 1.165) is 16.7 Å². The zero-order chi connectivity index (χ0) is 13.2. The van der Waals surface area contributed by atoms with Crippen molar-refractivity contribution in [2.75, 3.05) is 0 Å². The highest BCUT2D eigenvalue weighted by atomic mass is 35.5. The van der Waals surface area contributed by atoms with E-state index in [2.05, 4.69) is 28.2 Å². The average Bonchev–Trinajstić information content (AvgIpc) is 2.79. The maximum atomic E-state index is 6.08. The maximum Gasteiger partial charge on any atom is 0.201 e. The summed E-state index contributed by atoms with van der Waals surface area (Å²) in [6, 6.07) is 18.2. The van der Waals surface area contributed by atoms with Gasteiger partial charge in [0.05, 0.1) is 0 Å². The molecular formula is C15H10Cl2N2. The van der Waals surface area contributed by atoms with Gasteiger partial charge in [-0.3, -0.25) is 0 Å². The van der Waals surface area contributed by atoms with Crippen LogP contribution in [-0.2, 0) is 0 Å². The smallest absolute Gasteiger partial charge is 0.201 e. The molecule has 0 saturated carbocycles. The lowest BCUT2D eigenvalue weighted by Crippen LogP contribution is -1.82. The van der Waals surface area contributed by atoms with E-state index in [9.17, 15) is 0 Å². The van der Waals surface area contributed by atoms with Crippen molar-refractivity contribution in [3.63, 3.8) is 0 Å². The van der Waals surface area contributed by atoms with Gasteiger partial charge < -0.3 is 4.98 Å². The van der Waals surface area contributed by atoms with Gasteiger partial charge in [0.25, 0.3) is 0 Å². The number of hydrogen-bond donors (Lipinski definition) is 1. The molecular weight excluding hydrogens is 279 g/mol. The summed E-state index contributed by atoms with van der Waals surface area (Å²) >= 11 is 11.9. The van der Waals surface area contributed by atoms with Gasteiger partial charge in [0, 0.05) is 5.56 Å². The van der Waals surface area contributed by atoms with Gasteiger partial charge in [-0.15, -0.1) is 0 Å². The molecule has 0 bridgehead atoms. The van der Waals surface area contributed by atoms with Crippen LogP contribution in [0.2, 0.25) is 10.4 Å².